The van der Waals surface area contributed by atoms with E-state index >= 15 is 0 Å². The molecule has 75 heavy (non-hydrogen) atoms. The second-order valence-corrected chi connectivity index (χ2v) is 20.4. The van der Waals surface area contributed by atoms with Crippen LogP contribution in [0, 0.1) is 0 Å². The number of hydrogen-bond acceptors (Lipinski definition) is 4. The van der Waals surface area contributed by atoms with Gasteiger partial charge in [0.25, 0.3) is 0 Å². The molecule has 0 spiro atoms. The Labute approximate surface area is 434 Å². The molecule has 4 heteroatoms. The molecule has 0 N–H and O–H groups in total. The topological polar surface area (TPSA) is 32.8 Å². The van der Waals surface area contributed by atoms with E-state index in [2.05, 4.69) is 260 Å². The van der Waals surface area contributed by atoms with Crippen molar-refractivity contribution in [2.75, 3.05) is 9.80 Å². The molecule has 15 rings (SSSR count). The van der Waals surface area contributed by atoms with Gasteiger partial charge in [0.2, 0.25) is 0 Å². The van der Waals surface area contributed by atoms with Crippen molar-refractivity contribution >= 4 is 99.5 Å². The highest BCUT2D eigenvalue weighted by Gasteiger charge is 2.35. The van der Waals surface area contributed by atoms with Crippen LogP contribution in [0.2, 0.25) is 0 Å². The fourth-order valence-corrected chi connectivity index (χ4v) is 12.3. The van der Waals surface area contributed by atoms with Gasteiger partial charge in [-0.2, -0.15) is 0 Å². The summed E-state index contributed by atoms with van der Waals surface area (Å²) in [6.45, 7) is 4.80. The molecule has 0 saturated heterocycles. The Morgan fingerprint density at radius 1 is 0.293 bits per heavy atom. The summed E-state index contributed by atoms with van der Waals surface area (Å²) in [6.07, 6.45) is 0. The highest BCUT2D eigenvalue weighted by atomic mass is 16.3. The van der Waals surface area contributed by atoms with Gasteiger partial charge in [-0.25, -0.2) is 0 Å². The van der Waals surface area contributed by atoms with Crippen LogP contribution in [0.25, 0.3) is 98.8 Å². The van der Waals surface area contributed by atoms with E-state index in [0.717, 1.165) is 100 Å². The number of para-hydroxylation sites is 4. The lowest BCUT2D eigenvalue weighted by molar-refractivity contribution is 0.645. The van der Waals surface area contributed by atoms with Gasteiger partial charge in [-0.15, -0.1) is 0 Å². The van der Waals surface area contributed by atoms with Crippen LogP contribution in [0.4, 0.5) is 34.1 Å². The molecular weight excluding hydrogens is 913 g/mol. The minimum atomic E-state index is -0.345. The zero-order valence-electron chi connectivity index (χ0n) is 41.5. The highest BCUT2D eigenvalue weighted by Crippen LogP contribution is 2.54. The Morgan fingerprint density at radius 2 is 0.747 bits per heavy atom. The third kappa shape index (κ3) is 6.76. The number of benzene rings is 12. The van der Waals surface area contributed by atoms with Crippen molar-refractivity contribution in [3.63, 3.8) is 0 Å². The average Bonchev–Trinajstić information content (AvgIpc) is 4.04. The van der Waals surface area contributed by atoms with Crippen LogP contribution in [-0.2, 0) is 5.41 Å². The van der Waals surface area contributed by atoms with E-state index in [1.165, 1.54) is 43.8 Å². The fourth-order valence-electron chi connectivity index (χ4n) is 12.3. The second-order valence-electron chi connectivity index (χ2n) is 20.4. The lowest BCUT2D eigenvalue weighted by Crippen LogP contribution is -2.24. The van der Waals surface area contributed by atoms with Crippen LogP contribution in [0.3, 0.4) is 0 Å². The maximum atomic E-state index is 6.36. The molecule has 0 atom stereocenters. The van der Waals surface area contributed by atoms with Gasteiger partial charge >= 0.3 is 0 Å². The number of rotatable bonds is 8. The first-order valence-corrected chi connectivity index (χ1v) is 25.8. The quantitative estimate of drug-likeness (QED) is 0.142. The fraction of sp³-hybridized carbons (Fsp3) is 0.0423. The van der Waals surface area contributed by atoms with Crippen LogP contribution >= 0.6 is 0 Å². The Hall–Kier alpha value is -9.64. The van der Waals surface area contributed by atoms with E-state index in [9.17, 15) is 0 Å². The smallest absolute Gasteiger partial charge is 0.135 e. The molecule has 0 aliphatic heterocycles. The zero-order chi connectivity index (χ0) is 49.8. The maximum absolute atomic E-state index is 6.36. The summed E-state index contributed by atoms with van der Waals surface area (Å²) < 4.78 is 12.7. The van der Waals surface area contributed by atoms with Gasteiger partial charge in [-0.3, -0.25) is 0 Å². The number of anilines is 6. The standard InChI is InChI=1S/C71H48N2O2/c1-71(2)62-27-17-26-57-58-41-48(72(64-28-13-9-22-52(64)45-18-5-3-6-19-45)49-35-38-68-59(42-49)55-24-11-15-30-66(55)74-68)33-32-47(58)40-61(70(57)62)54-37-34-51(44-63(54)71)73(65-29-14-10-23-53(65)46-20-7-4-8-21-46)50-36-39-69-60(43-50)56-25-12-16-31-67(56)75-69/h3-44H,1-2H3. The molecule has 0 unspecified atom stereocenters. The van der Waals surface area contributed by atoms with E-state index in [0.29, 0.717) is 0 Å². The summed E-state index contributed by atoms with van der Waals surface area (Å²) in [7, 11) is 0. The van der Waals surface area contributed by atoms with Gasteiger partial charge in [0, 0.05) is 60.8 Å². The SMILES string of the molecule is CC1(C)c2cc(N(c3ccc4oc5ccccc5c4c3)c3ccccc3-c3ccccc3)ccc2-c2cc3ccc(N(c4ccc5oc6ccccc6c5c4)c4ccccc4-c4ccccc4)cc3c3cccc1c23. The normalized spacial score (nSPS) is 12.8. The van der Waals surface area contributed by atoms with Gasteiger partial charge in [0.15, 0.2) is 0 Å². The highest BCUT2D eigenvalue weighted by molar-refractivity contribution is 6.18. The van der Waals surface area contributed by atoms with Crippen molar-refractivity contribution < 1.29 is 8.83 Å². The lowest BCUT2D eigenvalue weighted by atomic mass is 9.68. The minimum Gasteiger partial charge on any atom is -0.456 e. The molecule has 12 aromatic carbocycles. The summed E-state index contributed by atoms with van der Waals surface area (Å²) in [6, 6.07) is 92.4. The first kappa shape index (κ1) is 43.0. The predicted molar refractivity (Wildman–Crippen MR) is 314 cm³/mol. The first-order chi connectivity index (χ1) is 36.9. The zero-order valence-corrected chi connectivity index (χ0v) is 41.5. The van der Waals surface area contributed by atoms with Crippen molar-refractivity contribution in [2.45, 2.75) is 19.3 Å². The van der Waals surface area contributed by atoms with Crippen molar-refractivity contribution in [1.82, 2.24) is 0 Å². The molecular formula is C71H48N2O2. The Kier molecular flexibility index (Phi) is 9.58. The molecule has 354 valence electrons. The number of hydrogen-bond donors (Lipinski definition) is 0. The molecule has 0 radical (unpaired) electrons. The minimum absolute atomic E-state index is 0.345. The average molecular weight is 961 g/mol. The molecule has 1 aliphatic carbocycles. The molecule has 0 fully saturated rings. The van der Waals surface area contributed by atoms with Crippen LogP contribution < -0.4 is 9.80 Å². The van der Waals surface area contributed by atoms with Gasteiger partial charge in [-0.1, -0.05) is 178 Å². The van der Waals surface area contributed by atoms with Gasteiger partial charge in [0.1, 0.15) is 22.3 Å². The van der Waals surface area contributed by atoms with Crippen LogP contribution in [0.15, 0.2) is 264 Å². The summed E-state index contributed by atoms with van der Waals surface area (Å²) >= 11 is 0. The maximum Gasteiger partial charge on any atom is 0.135 e. The second kappa shape index (κ2) is 16.7. The van der Waals surface area contributed by atoms with Crippen molar-refractivity contribution in [1.29, 1.82) is 0 Å². The first-order valence-electron chi connectivity index (χ1n) is 25.8. The van der Waals surface area contributed by atoms with E-state index in [1.54, 1.807) is 0 Å². The number of nitrogens with zero attached hydrogens (tertiary/aromatic N) is 2. The third-order valence-electron chi connectivity index (χ3n) is 15.8. The van der Waals surface area contributed by atoms with Crippen LogP contribution in [0.1, 0.15) is 25.0 Å². The van der Waals surface area contributed by atoms with Crippen molar-refractivity contribution in [2.24, 2.45) is 0 Å². The summed E-state index contributed by atoms with van der Waals surface area (Å²) in [5.74, 6) is 0. The number of fused-ring (bicyclic) bond motifs is 10. The lowest BCUT2D eigenvalue weighted by Gasteiger charge is -2.37. The summed E-state index contributed by atoms with van der Waals surface area (Å²) in [5.41, 5.74) is 19.4. The van der Waals surface area contributed by atoms with E-state index in [-0.39, 0.29) is 5.41 Å². The van der Waals surface area contributed by atoms with E-state index in [4.69, 9.17) is 8.83 Å². The predicted octanol–water partition coefficient (Wildman–Crippen LogP) is 20.4. The summed E-state index contributed by atoms with van der Waals surface area (Å²) in [4.78, 5) is 4.86. The van der Waals surface area contributed by atoms with Crippen LogP contribution in [-0.4, -0.2) is 0 Å². The molecule has 14 aromatic rings. The molecule has 1 aliphatic rings. The van der Waals surface area contributed by atoms with Crippen molar-refractivity contribution in [3.05, 3.63) is 266 Å². The van der Waals surface area contributed by atoms with Gasteiger partial charge in [-0.05, 0) is 146 Å². The molecule has 2 heterocycles. The number of furan rings is 2. The molecule has 4 nitrogen and oxygen atoms in total. The monoisotopic (exact) mass is 960 g/mol. The Balaban J connectivity index is 0.917. The molecule has 0 saturated carbocycles. The molecule has 0 amide bonds. The third-order valence-corrected chi connectivity index (χ3v) is 15.8. The van der Waals surface area contributed by atoms with Gasteiger partial charge in [0.05, 0.1) is 11.4 Å². The molecule has 2 aromatic heterocycles. The summed E-state index contributed by atoms with van der Waals surface area (Å²) in [5, 5.41) is 9.36. The molecule has 0 bridgehead atoms. The van der Waals surface area contributed by atoms with E-state index < -0.39 is 0 Å². The van der Waals surface area contributed by atoms with E-state index in [1.807, 2.05) is 18.2 Å². The van der Waals surface area contributed by atoms with Crippen molar-refractivity contribution in [3.8, 4) is 33.4 Å². The largest absolute Gasteiger partial charge is 0.456 e. The Morgan fingerprint density at radius 3 is 1.33 bits per heavy atom. The van der Waals surface area contributed by atoms with Crippen LogP contribution in [0.5, 0.6) is 0 Å². The van der Waals surface area contributed by atoms with Gasteiger partial charge < -0.3 is 18.6 Å². The Bertz CT molecular complexity index is 4580.